The van der Waals surface area contributed by atoms with E-state index >= 15 is 0 Å². The molecule has 1 saturated carbocycles. The van der Waals surface area contributed by atoms with Gasteiger partial charge in [-0.1, -0.05) is 17.7 Å². The summed E-state index contributed by atoms with van der Waals surface area (Å²) in [6.07, 6.45) is 4.94. The molecule has 2 aromatic carbocycles. The van der Waals surface area contributed by atoms with Crippen molar-refractivity contribution < 1.29 is 24.5 Å². The van der Waals surface area contributed by atoms with Crippen LogP contribution in [0.4, 0.5) is 4.79 Å². The summed E-state index contributed by atoms with van der Waals surface area (Å²) >= 11 is 6.21. The Kier molecular flexibility index (Phi) is 6.51. The van der Waals surface area contributed by atoms with Gasteiger partial charge in [-0.3, -0.25) is 0 Å². The summed E-state index contributed by atoms with van der Waals surface area (Å²) in [5.74, 6) is 0.718. The second-order valence-electron chi connectivity index (χ2n) is 10.7. The van der Waals surface area contributed by atoms with E-state index in [0.717, 1.165) is 41.3 Å². The molecule has 2 aliphatic rings. The lowest BCUT2D eigenvalue weighted by Crippen LogP contribution is -2.58. The van der Waals surface area contributed by atoms with Gasteiger partial charge in [0.1, 0.15) is 17.6 Å². The van der Waals surface area contributed by atoms with E-state index < -0.39 is 11.6 Å². The van der Waals surface area contributed by atoms with Crippen molar-refractivity contribution >= 4 is 28.6 Å². The van der Waals surface area contributed by atoms with Gasteiger partial charge in [0.05, 0.1) is 22.1 Å². The van der Waals surface area contributed by atoms with E-state index in [1.165, 1.54) is 4.90 Å². The fourth-order valence-corrected chi connectivity index (χ4v) is 5.41. The van der Waals surface area contributed by atoms with Gasteiger partial charge in [-0.05, 0) is 75.4 Å². The van der Waals surface area contributed by atoms with Crippen LogP contribution in [0.15, 0.2) is 36.5 Å². The Labute approximate surface area is 215 Å². The predicted octanol–water partition coefficient (Wildman–Crippen LogP) is 6.45. The van der Waals surface area contributed by atoms with Gasteiger partial charge in [0.2, 0.25) is 0 Å². The standard InChI is InChI=1S/C27H32ClN3O5/c1-27(2,3)30(26(33)34)18-13-19(14-18)36-24-12-17(16-7-8-23(32)21(28)10-16)11-22-20(24)15-29-31(22)25-6-4-5-9-35-25/h7-8,10-12,15,18-19,25,32H,4-6,9,13-14H2,1-3H3,(H,33,34). The Hall–Kier alpha value is -2.97. The van der Waals surface area contributed by atoms with Gasteiger partial charge in [-0.25, -0.2) is 9.48 Å². The lowest BCUT2D eigenvalue weighted by atomic mass is 9.85. The number of hydrogen-bond donors (Lipinski definition) is 2. The highest BCUT2D eigenvalue weighted by molar-refractivity contribution is 6.32. The van der Waals surface area contributed by atoms with Crippen LogP contribution in [0.5, 0.6) is 11.5 Å². The highest BCUT2D eigenvalue weighted by atomic mass is 35.5. The number of phenolic OH excluding ortho intramolecular Hbond substituents is 1. The predicted molar refractivity (Wildman–Crippen MR) is 138 cm³/mol. The fourth-order valence-electron chi connectivity index (χ4n) is 5.23. The molecule has 1 amide bonds. The summed E-state index contributed by atoms with van der Waals surface area (Å²) in [6.45, 7) is 6.44. The van der Waals surface area contributed by atoms with E-state index in [4.69, 9.17) is 21.1 Å². The number of benzene rings is 2. The number of fused-ring (bicyclic) bond motifs is 1. The van der Waals surface area contributed by atoms with Crippen molar-refractivity contribution in [3.05, 3.63) is 41.6 Å². The molecule has 1 aliphatic carbocycles. The molecule has 2 N–H and O–H groups in total. The number of ether oxygens (including phenoxy) is 2. The molecule has 5 rings (SSSR count). The number of carbonyl (C=O) groups is 1. The largest absolute Gasteiger partial charge is 0.506 e. The zero-order valence-electron chi connectivity index (χ0n) is 20.8. The molecular formula is C27H32ClN3O5. The normalized spacial score (nSPS) is 22.3. The average molecular weight is 514 g/mol. The van der Waals surface area contributed by atoms with Crippen molar-refractivity contribution in [3.63, 3.8) is 0 Å². The Morgan fingerprint density at radius 1 is 1.19 bits per heavy atom. The number of halogens is 1. The zero-order chi connectivity index (χ0) is 25.6. The SMILES string of the molecule is CC(C)(C)N(C(=O)O)C1CC(Oc2cc(-c3ccc(O)c(Cl)c3)cc3c2cnn3C2CCCCO2)C1. The quantitative estimate of drug-likeness (QED) is 0.407. The minimum absolute atomic E-state index is 0.0287. The number of nitrogens with zero attached hydrogens (tertiary/aromatic N) is 3. The first-order valence-corrected chi connectivity index (χ1v) is 12.8. The average Bonchev–Trinajstić information content (AvgIpc) is 3.23. The van der Waals surface area contributed by atoms with Crippen LogP contribution in [0.3, 0.4) is 0 Å². The summed E-state index contributed by atoms with van der Waals surface area (Å²) in [5, 5.41) is 25.4. The van der Waals surface area contributed by atoms with Gasteiger partial charge in [-0.15, -0.1) is 0 Å². The molecule has 192 valence electrons. The molecule has 1 atom stereocenters. The van der Waals surface area contributed by atoms with Crippen LogP contribution in [-0.2, 0) is 4.74 Å². The molecule has 9 heteroatoms. The number of rotatable bonds is 5. The van der Waals surface area contributed by atoms with Gasteiger partial charge in [-0.2, -0.15) is 5.10 Å². The molecule has 2 heterocycles. The molecule has 2 fully saturated rings. The summed E-state index contributed by atoms with van der Waals surface area (Å²) in [4.78, 5) is 13.4. The molecule has 1 aromatic heterocycles. The zero-order valence-corrected chi connectivity index (χ0v) is 21.5. The molecular weight excluding hydrogens is 482 g/mol. The van der Waals surface area contributed by atoms with Crippen molar-refractivity contribution in [3.8, 4) is 22.6 Å². The second-order valence-corrected chi connectivity index (χ2v) is 11.1. The van der Waals surface area contributed by atoms with E-state index in [0.29, 0.717) is 25.2 Å². The van der Waals surface area contributed by atoms with Crippen LogP contribution in [0.25, 0.3) is 22.0 Å². The van der Waals surface area contributed by atoms with Crippen molar-refractivity contribution in [1.82, 2.24) is 14.7 Å². The number of carboxylic acid groups (broad SMARTS) is 1. The first-order chi connectivity index (χ1) is 17.1. The van der Waals surface area contributed by atoms with Gasteiger partial charge in [0.15, 0.2) is 6.23 Å². The van der Waals surface area contributed by atoms with Gasteiger partial charge in [0.25, 0.3) is 0 Å². The summed E-state index contributed by atoms with van der Waals surface area (Å²) in [6, 6.07) is 9.05. The van der Waals surface area contributed by atoms with Crippen molar-refractivity contribution in [2.75, 3.05) is 6.61 Å². The molecule has 1 saturated heterocycles. The Morgan fingerprint density at radius 3 is 2.61 bits per heavy atom. The molecule has 0 radical (unpaired) electrons. The van der Waals surface area contributed by atoms with Crippen LogP contribution in [0.1, 0.15) is 59.1 Å². The number of aromatic nitrogens is 2. The van der Waals surface area contributed by atoms with Gasteiger partial charge >= 0.3 is 6.09 Å². The molecule has 1 unspecified atom stereocenters. The number of phenols is 1. The van der Waals surface area contributed by atoms with Crippen LogP contribution >= 0.6 is 11.6 Å². The van der Waals surface area contributed by atoms with E-state index in [-0.39, 0.29) is 29.1 Å². The van der Waals surface area contributed by atoms with E-state index in [1.54, 1.807) is 12.1 Å². The monoisotopic (exact) mass is 513 g/mol. The number of amides is 1. The Morgan fingerprint density at radius 2 is 1.97 bits per heavy atom. The maximum Gasteiger partial charge on any atom is 0.407 e. The Bertz CT molecular complexity index is 1270. The first kappa shape index (κ1) is 24.7. The third kappa shape index (κ3) is 4.72. The third-order valence-electron chi connectivity index (χ3n) is 7.05. The second kappa shape index (κ2) is 9.48. The van der Waals surface area contributed by atoms with Crippen molar-refractivity contribution in [1.29, 1.82) is 0 Å². The highest BCUT2D eigenvalue weighted by Crippen LogP contribution is 2.40. The lowest BCUT2D eigenvalue weighted by Gasteiger charge is -2.47. The third-order valence-corrected chi connectivity index (χ3v) is 7.35. The van der Waals surface area contributed by atoms with Gasteiger partial charge < -0.3 is 24.6 Å². The minimum atomic E-state index is -0.909. The van der Waals surface area contributed by atoms with Crippen molar-refractivity contribution in [2.45, 2.75) is 76.8 Å². The van der Waals surface area contributed by atoms with E-state index in [1.807, 2.05) is 49.8 Å². The molecule has 0 bridgehead atoms. The van der Waals surface area contributed by atoms with Crippen LogP contribution in [0.2, 0.25) is 5.02 Å². The van der Waals surface area contributed by atoms with E-state index in [9.17, 15) is 15.0 Å². The fraction of sp³-hybridized carbons (Fsp3) is 0.481. The minimum Gasteiger partial charge on any atom is -0.506 e. The summed E-state index contributed by atoms with van der Waals surface area (Å²) < 4.78 is 14.4. The van der Waals surface area contributed by atoms with Crippen molar-refractivity contribution in [2.24, 2.45) is 0 Å². The topological polar surface area (TPSA) is 97.1 Å². The molecule has 0 spiro atoms. The maximum atomic E-state index is 11.9. The molecule has 8 nitrogen and oxygen atoms in total. The van der Waals surface area contributed by atoms with Crippen LogP contribution in [0, 0.1) is 0 Å². The number of aromatic hydroxyl groups is 1. The van der Waals surface area contributed by atoms with Crippen LogP contribution < -0.4 is 4.74 Å². The Balaban J connectivity index is 1.48. The van der Waals surface area contributed by atoms with Gasteiger partial charge in [0, 0.05) is 31.0 Å². The summed E-state index contributed by atoms with van der Waals surface area (Å²) in [7, 11) is 0. The summed E-state index contributed by atoms with van der Waals surface area (Å²) in [5.41, 5.74) is 2.15. The number of hydrogen-bond acceptors (Lipinski definition) is 5. The molecule has 36 heavy (non-hydrogen) atoms. The smallest absolute Gasteiger partial charge is 0.407 e. The highest BCUT2D eigenvalue weighted by Gasteiger charge is 2.42. The van der Waals surface area contributed by atoms with E-state index in [2.05, 4.69) is 5.10 Å². The van der Waals surface area contributed by atoms with Crippen LogP contribution in [-0.4, -0.2) is 55.3 Å². The lowest BCUT2D eigenvalue weighted by molar-refractivity contribution is -0.0366. The first-order valence-electron chi connectivity index (χ1n) is 12.4. The molecule has 1 aliphatic heterocycles. The molecule has 3 aromatic rings. The maximum absolute atomic E-state index is 11.9.